The summed E-state index contributed by atoms with van der Waals surface area (Å²) >= 11 is 1.07. The number of nitrogens with zero attached hydrogens (tertiary/aromatic N) is 2. The Labute approximate surface area is 159 Å². The van der Waals surface area contributed by atoms with Gasteiger partial charge in [0, 0.05) is 6.04 Å². The molecule has 4 saturated carbocycles. The maximum atomic E-state index is 13.3. The summed E-state index contributed by atoms with van der Waals surface area (Å²) in [6.45, 7) is 3.92. The smallest absolute Gasteiger partial charge is 0.208 e. The van der Waals surface area contributed by atoms with Crippen LogP contribution in [0.15, 0.2) is 17.0 Å². The Morgan fingerprint density at radius 1 is 1.12 bits per heavy atom. The third-order valence-electron chi connectivity index (χ3n) is 7.18. The molecular weight excluding hydrogens is 366 g/mol. The Hall–Kier alpha value is -1.05. The second kappa shape index (κ2) is 5.72. The summed E-state index contributed by atoms with van der Waals surface area (Å²) in [6.07, 6.45) is 7.64. The largest absolute Gasteiger partial charge is 0.243 e. The molecule has 1 unspecified atom stereocenters. The van der Waals surface area contributed by atoms with Crippen LogP contribution in [0.1, 0.15) is 51.0 Å². The van der Waals surface area contributed by atoms with E-state index in [1.54, 1.807) is 0 Å². The highest BCUT2D eigenvalue weighted by molar-refractivity contribution is 7.89. The van der Waals surface area contributed by atoms with Crippen molar-refractivity contribution in [3.8, 4) is 0 Å². The maximum Gasteiger partial charge on any atom is 0.243 e. The molecule has 4 aliphatic rings. The van der Waals surface area contributed by atoms with Crippen LogP contribution in [0.3, 0.4) is 0 Å². The molecule has 0 spiro atoms. The summed E-state index contributed by atoms with van der Waals surface area (Å²) in [5.41, 5.74) is 2.03. The molecule has 1 atom stereocenters. The van der Waals surface area contributed by atoms with Gasteiger partial charge in [0.05, 0.1) is 11.7 Å². The zero-order valence-electron chi connectivity index (χ0n) is 15.2. The van der Waals surface area contributed by atoms with Gasteiger partial charge in [0.1, 0.15) is 15.9 Å². The fourth-order valence-corrected chi connectivity index (χ4v) is 8.72. The third-order valence-corrected chi connectivity index (χ3v) is 9.44. The minimum Gasteiger partial charge on any atom is -0.208 e. The highest BCUT2D eigenvalue weighted by Gasteiger charge is 2.53. The SMILES string of the molecule is Cc1ccc2nsnc2c1S(=O)(=O)NC(C)C12CC3CC(CC(C3)C1)C2. The molecule has 6 rings (SSSR count). The van der Waals surface area contributed by atoms with Crippen molar-refractivity contribution in [3.05, 3.63) is 17.7 Å². The number of sulfonamides is 1. The van der Waals surface area contributed by atoms with E-state index in [9.17, 15) is 8.42 Å². The molecule has 1 heterocycles. The number of fused-ring (bicyclic) bond motifs is 1. The van der Waals surface area contributed by atoms with Crippen molar-refractivity contribution >= 4 is 32.8 Å². The topological polar surface area (TPSA) is 72.0 Å². The lowest BCUT2D eigenvalue weighted by molar-refractivity contribution is -0.0666. The summed E-state index contributed by atoms with van der Waals surface area (Å²) in [5.74, 6) is 2.42. The Kier molecular flexibility index (Phi) is 3.76. The number of rotatable bonds is 4. The first-order chi connectivity index (χ1) is 12.4. The van der Waals surface area contributed by atoms with Gasteiger partial charge in [0.15, 0.2) is 0 Å². The molecule has 0 aliphatic heterocycles. The highest BCUT2D eigenvalue weighted by atomic mass is 32.2. The van der Waals surface area contributed by atoms with Gasteiger partial charge in [-0.25, -0.2) is 13.1 Å². The van der Waals surface area contributed by atoms with Crippen molar-refractivity contribution in [2.24, 2.45) is 23.2 Å². The third kappa shape index (κ3) is 2.54. The van der Waals surface area contributed by atoms with E-state index in [1.165, 1.54) is 38.5 Å². The van der Waals surface area contributed by atoms with Crippen molar-refractivity contribution in [2.75, 3.05) is 0 Å². The van der Waals surface area contributed by atoms with Gasteiger partial charge < -0.3 is 0 Å². The molecular formula is C19H25N3O2S2. The summed E-state index contributed by atoms with van der Waals surface area (Å²) < 4.78 is 38.1. The highest BCUT2D eigenvalue weighted by Crippen LogP contribution is 2.61. The Morgan fingerprint density at radius 3 is 2.35 bits per heavy atom. The summed E-state index contributed by atoms with van der Waals surface area (Å²) in [5, 5.41) is 0. The van der Waals surface area contributed by atoms with Crippen LogP contribution in [0.4, 0.5) is 0 Å². The van der Waals surface area contributed by atoms with Crippen molar-refractivity contribution in [2.45, 2.75) is 63.3 Å². The number of hydrogen-bond donors (Lipinski definition) is 1. The lowest BCUT2D eigenvalue weighted by atomic mass is 9.48. The van der Waals surface area contributed by atoms with Crippen LogP contribution >= 0.6 is 11.7 Å². The van der Waals surface area contributed by atoms with Gasteiger partial charge in [-0.15, -0.1) is 0 Å². The van der Waals surface area contributed by atoms with Crippen LogP contribution in [0.25, 0.3) is 11.0 Å². The van der Waals surface area contributed by atoms with Crippen LogP contribution < -0.4 is 4.72 Å². The number of nitrogens with one attached hydrogen (secondary N) is 1. The molecule has 2 aromatic rings. The zero-order chi connectivity index (χ0) is 18.1. The van der Waals surface area contributed by atoms with E-state index in [0.29, 0.717) is 15.9 Å². The molecule has 140 valence electrons. The Bertz CT molecular complexity index is 931. The van der Waals surface area contributed by atoms with Crippen LogP contribution in [0.2, 0.25) is 0 Å². The fourth-order valence-electron chi connectivity index (χ4n) is 6.39. The van der Waals surface area contributed by atoms with Crippen LogP contribution in [0, 0.1) is 30.1 Å². The normalized spacial score (nSPS) is 34.5. The lowest BCUT2D eigenvalue weighted by Crippen LogP contribution is -2.55. The number of aromatic nitrogens is 2. The van der Waals surface area contributed by atoms with E-state index in [1.807, 2.05) is 19.1 Å². The van der Waals surface area contributed by atoms with Crippen molar-refractivity contribution in [3.63, 3.8) is 0 Å². The first-order valence-corrected chi connectivity index (χ1v) is 11.8. The van der Waals surface area contributed by atoms with Gasteiger partial charge in [-0.2, -0.15) is 8.75 Å². The van der Waals surface area contributed by atoms with E-state index >= 15 is 0 Å². The predicted octanol–water partition coefficient (Wildman–Crippen LogP) is 3.88. The Balaban J connectivity index is 1.48. The van der Waals surface area contributed by atoms with Gasteiger partial charge >= 0.3 is 0 Å². The van der Waals surface area contributed by atoms with Gasteiger partial charge in [0.25, 0.3) is 0 Å². The minimum absolute atomic E-state index is 0.0397. The van der Waals surface area contributed by atoms with Gasteiger partial charge in [-0.1, -0.05) is 6.07 Å². The molecule has 0 amide bonds. The zero-order valence-corrected chi connectivity index (χ0v) is 16.9. The summed E-state index contributed by atoms with van der Waals surface area (Å²) in [6, 6.07) is 3.63. The molecule has 4 fully saturated rings. The quantitative estimate of drug-likeness (QED) is 0.858. The van der Waals surface area contributed by atoms with Crippen LogP contribution in [0.5, 0.6) is 0 Å². The first kappa shape index (κ1) is 17.1. The number of aryl methyl sites for hydroxylation is 1. The monoisotopic (exact) mass is 391 g/mol. The second-order valence-corrected chi connectivity index (χ2v) is 11.1. The number of hydrogen-bond acceptors (Lipinski definition) is 5. The average molecular weight is 392 g/mol. The van der Waals surface area contributed by atoms with Gasteiger partial charge in [0.2, 0.25) is 10.0 Å². The molecule has 0 radical (unpaired) electrons. The summed E-state index contributed by atoms with van der Waals surface area (Å²) in [7, 11) is -3.63. The molecule has 1 N–H and O–H groups in total. The van der Waals surface area contributed by atoms with Gasteiger partial charge in [-0.05, 0) is 87.2 Å². The lowest BCUT2D eigenvalue weighted by Gasteiger charge is -2.59. The molecule has 4 aliphatic carbocycles. The van der Waals surface area contributed by atoms with E-state index in [-0.39, 0.29) is 11.5 Å². The Morgan fingerprint density at radius 2 is 1.73 bits per heavy atom. The van der Waals surface area contributed by atoms with Crippen molar-refractivity contribution in [1.29, 1.82) is 0 Å². The minimum atomic E-state index is -3.63. The number of benzene rings is 1. The van der Waals surface area contributed by atoms with Crippen molar-refractivity contribution < 1.29 is 8.42 Å². The van der Waals surface area contributed by atoms with E-state index < -0.39 is 10.0 Å². The van der Waals surface area contributed by atoms with Crippen LogP contribution in [-0.4, -0.2) is 23.2 Å². The molecule has 4 bridgehead atoms. The molecule has 7 heteroatoms. The molecule has 1 aromatic heterocycles. The van der Waals surface area contributed by atoms with Gasteiger partial charge in [-0.3, -0.25) is 0 Å². The maximum absolute atomic E-state index is 13.3. The molecule has 0 saturated heterocycles. The average Bonchev–Trinajstić information content (AvgIpc) is 3.00. The molecule has 5 nitrogen and oxygen atoms in total. The standard InChI is InChI=1S/C19H25N3O2S2/c1-11-3-4-16-17(21-25-20-16)18(11)26(23,24)22-12(2)19-8-13-5-14(9-19)7-15(6-13)10-19/h3-4,12-15,22H,5-10H2,1-2H3. The molecule has 26 heavy (non-hydrogen) atoms. The van der Waals surface area contributed by atoms with Crippen molar-refractivity contribution in [1.82, 2.24) is 13.5 Å². The second-order valence-electron chi connectivity index (χ2n) is 8.97. The van der Waals surface area contributed by atoms with E-state index in [0.717, 1.165) is 35.0 Å². The first-order valence-electron chi connectivity index (χ1n) is 9.60. The van der Waals surface area contributed by atoms with Crippen LogP contribution in [-0.2, 0) is 10.0 Å². The van der Waals surface area contributed by atoms with E-state index in [2.05, 4.69) is 20.4 Å². The predicted molar refractivity (Wildman–Crippen MR) is 103 cm³/mol. The molecule has 1 aromatic carbocycles. The fraction of sp³-hybridized carbons (Fsp3) is 0.684. The van der Waals surface area contributed by atoms with E-state index in [4.69, 9.17) is 0 Å². The summed E-state index contributed by atoms with van der Waals surface area (Å²) in [4.78, 5) is 0.306.